The monoisotopic (exact) mass is 459 g/mol. The number of hydrogen-bond acceptors (Lipinski definition) is 5. The summed E-state index contributed by atoms with van der Waals surface area (Å²) >= 11 is 0. The zero-order chi connectivity index (χ0) is 24.1. The van der Waals surface area contributed by atoms with Gasteiger partial charge in [0.25, 0.3) is 0 Å². The Labute approximate surface area is 199 Å². The molecule has 0 aliphatic heterocycles. The molecule has 0 spiro atoms. The van der Waals surface area contributed by atoms with Gasteiger partial charge in [0.2, 0.25) is 5.91 Å². The van der Waals surface area contributed by atoms with Gasteiger partial charge in [-0.05, 0) is 49.6 Å². The maximum Gasteiger partial charge on any atom is 0.244 e. The van der Waals surface area contributed by atoms with E-state index in [9.17, 15) is 4.79 Å². The van der Waals surface area contributed by atoms with E-state index >= 15 is 0 Å². The largest absolute Gasteiger partial charge is 0.497 e. The van der Waals surface area contributed by atoms with Crippen molar-refractivity contribution in [1.29, 1.82) is 0 Å². The van der Waals surface area contributed by atoms with Crippen LogP contribution in [0.5, 0.6) is 11.5 Å². The highest BCUT2D eigenvalue weighted by Gasteiger charge is 2.19. The average Bonchev–Trinajstić information content (AvgIpc) is 3.52. The molecule has 7 heteroatoms. The van der Waals surface area contributed by atoms with Gasteiger partial charge in [0.15, 0.2) is 0 Å². The third-order valence-corrected chi connectivity index (χ3v) is 5.85. The van der Waals surface area contributed by atoms with E-state index in [0.29, 0.717) is 12.3 Å². The van der Waals surface area contributed by atoms with Crippen molar-refractivity contribution in [3.8, 4) is 22.6 Å². The molecule has 1 N–H and O–H groups in total. The number of benzene rings is 2. The Morgan fingerprint density at radius 2 is 2.09 bits per heavy atom. The Morgan fingerprint density at radius 1 is 1.24 bits per heavy atom. The van der Waals surface area contributed by atoms with E-state index in [4.69, 9.17) is 13.9 Å². The van der Waals surface area contributed by atoms with Crippen molar-refractivity contribution in [2.45, 2.75) is 26.8 Å². The fourth-order valence-electron chi connectivity index (χ4n) is 4.10. The number of rotatable bonds is 9. The van der Waals surface area contributed by atoms with E-state index in [1.807, 2.05) is 54.9 Å². The molecule has 176 valence electrons. The number of aryl methyl sites for hydroxylation is 2. The quantitative estimate of drug-likeness (QED) is 0.274. The summed E-state index contributed by atoms with van der Waals surface area (Å²) in [6.45, 7) is 5.27. The van der Waals surface area contributed by atoms with Crippen LogP contribution in [0, 0.1) is 6.92 Å². The van der Waals surface area contributed by atoms with Crippen molar-refractivity contribution in [3.63, 3.8) is 0 Å². The molecule has 2 heterocycles. The number of furan rings is 1. The van der Waals surface area contributed by atoms with Gasteiger partial charge < -0.3 is 23.8 Å². The summed E-state index contributed by atoms with van der Waals surface area (Å²) in [6, 6.07) is 9.88. The van der Waals surface area contributed by atoms with E-state index in [1.165, 1.54) is 0 Å². The Balaban J connectivity index is 1.60. The molecule has 0 bridgehead atoms. The normalized spacial score (nSPS) is 11.6. The van der Waals surface area contributed by atoms with Gasteiger partial charge in [0.1, 0.15) is 17.1 Å². The molecule has 7 nitrogen and oxygen atoms in total. The summed E-state index contributed by atoms with van der Waals surface area (Å²) in [5.41, 5.74) is 5.26. The van der Waals surface area contributed by atoms with Gasteiger partial charge in [0.05, 0.1) is 26.8 Å². The molecular weight excluding hydrogens is 430 g/mol. The first kappa shape index (κ1) is 23.2. The van der Waals surface area contributed by atoms with E-state index in [-0.39, 0.29) is 5.91 Å². The highest BCUT2D eigenvalue weighted by Crippen LogP contribution is 2.41. The first-order chi connectivity index (χ1) is 16.5. The first-order valence-corrected chi connectivity index (χ1v) is 11.2. The number of carbonyl (C=O) groups excluding carboxylic acids is 1. The van der Waals surface area contributed by atoms with E-state index < -0.39 is 0 Å². The van der Waals surface area contributed by atoms with E-state index in [1.54, 1.807) is 39.1 Å². The van der Waals surface area contributed by atoms with Gasteiger partial charge in [-0.3, -0.25) is 4.79 Å². The fourth-order valence-corrected chi connectivity index (χ4v) is 4.10. The molecule has 4 aromatic rings. The zero-order valence-corrected chi connectivity index (χ0v) is 19.9. The third-order valence-electron chi connectivity index (χ3n) is 5.85. The minimum Gasteiger partial charge on any atom is -0.497 e. The summed E-state index contributed by atoms with van der Waals surface area (Å²) in [5, 5.41) is 3.91. The number of nitrogens with one attached hydrogen (secondary N) is 1. The van der Waals surface area contributed by atoms with Gasteiger partial charge in [-0.25, -0.2) is 4.98 Å². The van der Waals surface area contributed by atoms with Crippen LogP contribution in [0.4, 0.5) is 0 Å². The fraction of sp³-hybridized carbons (Fsp3) is 0.259. The van der Waals surface area contributed by atoms with E-state index in [2.05, 4.69) is 10.3 Å². The third kappa shape index (κ3) is 4.83. The van der Waals surface area contributed by atoms with Crippen molar-refractivity contribution in [2.75, 3.05) is 20.8 Å². The molecule has 1 amide bonds. The summed E-state index contributed by atoms with van der Waals surface area (Å²) in [5.74, 6) is 1.34. The lowest BCUT2D eigenvalue weighted by atomic mass is 9.96. The maximum absolute atomic E-state index is 12.6. The molecule has 34 heavy (non-hydrogen) atoms. The number of imidazole rings is 1. The predicted octanol–water partition coefficient (Wildman–Crippen LogP) is 5.23. The van der Waals surface area contributed by atoms with Gasteiger partial charge in [-0.2, -0.15) is 0 Å². The van der Waals surface area contributed by atoms with Gasteiger partial charge >= 0.3 is 0 Å². The summed E-state index contributed by atoms with van der Waals surface area (Å²) in [4.78, 5) is 16.6. The lowest BCUT2D eigenvalue weighted by molar-refractivity contribution is -0.116. The van der Waals surface area contributed by atoms with Crippen molar-refractivity contribution < 1.29 is 18.7 Å². The second kappa shape index (κ2) is 10.3. The number of nitrogens with zero attached hydrogens (tertiary/aromatic N) is 2. The number of hydrogen-bond donors (Lipinski definition) is 1. The molecule has 2 aromatic heterocycles. The van der Waals surface area contributed by atoms with Crippen molar-refractivity contribution in [3.05, 3.63) is 72.5 Å². The summed E-state index contributed by atoms with van der Waals surface area (Å²) in [6.07, 6.45) is 9.62. The Morgan fingerprint density at radius 3 is 2.82 bits per heavy atom. The standard InChI is InChI=1S/C27H29N3O4/c1-18(13-25(31)29-9-6-11-30-12-10-28-17-30)22-15-23-24(20-7-5-8-21(14-20)32-3)16-34-27(23)19(2)26(22)33-4/h5,7-8,10,12-17H,6,9,11H2,1-4H3,(H,29,31)/b18-13+. The SMILES string of the molecule is COc1cccc(-c2coc3c(C)c(OC)c(/C(C)=C/C(=O)NCCCn4ccnc4)cc23)c1. The van der Waals surface area contributed by atoms with Crippen molar-refractivity contribution in [2.24, 2.45) is 0 Å². The molecule has 0 aliphatic carbocycles. The molecule has 4 rings (SSSR count). The molecule has 0 saturated carbocycles. The number of carbonyl (C=O) groups is 1. The van der Waals surface area contributed by atoms with Crippen LogP contribution in [0.25, 0.3) is 27.7 Å². The van der Waals surface area contributed by atoms with Crippen molar-refractivity contribution in [1.82, 2.24) is 14.9 Å². The minimum absolute atomic E-state index is 0.136. The zero-order valence-electron chi connectivity index (χ0n) is 19.9. The van der Waals surface area contributed by atoms with Crippen LogP contribution in [0.3, 0.4) is 0 Å². The van der Waals surface area contributed by atoms with Crippen LogP contribution < -0.4 is 14.8 Å². The minimum atomic E-state index is -0.136. The number of allylic oxidation sites excluding steroid dienone is 1. The summed E-state index contributed by atoms with van der Waals surface area (Å²) in [7, 11) is 3.28. The molecule has 0 radical (unpaired) electrons. The van der Waals surface area contributed by atoms with Crippen LogP contribution in [0.15, 0.2) is 65.8 Å². The highest BCUT2D eigenvalue weighted by molar-refractivity contribution is 6.01. The Hall–Kier alpha value is -4.00. The molecule has 0 atom stereocenters. The molecule has 0 unspecified atom stereocenters. The lowest BCUT2D eigenvalue weighted by Crippen LogP contribution is -2.23. The van der Waals surface area contributed by atoms with Gasteiger partial charge in [-0.15, -0.1) is 0 Å². The van der Waals surface area contributed by atoms with Crippen LogP contribution in [-0.2, 0) is 11.3 Å². The predicted molar refractivity (Wildman–Crippen MR) is 133 cm³/mol. The van der Waals surface area contributed by atoms with E-state index in [0.717, 1.165) is 57.5 Å². The first-order valence-electron chi connectivity index (χ1n) is 11.2. The smallest absolute Gasteiger partial charge is 0.244 e. The van der Waals surface area contributed by atoms with Gasteiger partial charge in [-0.1, -0.05) is 12.1 Å². The molecule has 0 saturated heterocycles. The van der Waals surface area contributed by atoms with Crippen LogP contribution in [0.2, 0.25) is 0 Å². The molecule has 0 aliphatic rings. The number of methoxy groups -OCH3 is 2. The number of aromatic nitrogens is 2. The number of ether oxygens (including phenoxy) is 2. The van der Waals surface area contributed by atoms with Gasteiger partial charge in [0, 0.05) is 53.6 Å². The summed E-state index contributed by atoms with van der Waals surface area (Å²) < 4.78 is 19.0. The number of fused-ring (bicyclic) bond motifs is 1. The Bertz CT molecular complexity index is 1320. The average molecular weight is 460 g/mol. The Kier molecular flexibility index (Phi) is 7.01. The van der Waals surface area contributed by atoms with Crippen LogP contribution in [-0.4, -0.2) is 36.2 Å². The molecule has 2 aromatic carbocycles. The van der Waals surface area contributed by atoms with Crippen LogP contribution in [0.1, 0.15) is 24.5 Å². The van der Waals surface area contributed by atoms with Crippen LogP contribution >= 0.6 is 0 Å². The topological polar surface area (TPSA) is 78.5 Å². The second-order valence-electron chi connectivity index (χ2n) is 8.11. The number of amides is 1. The highest BCUT2D eigenvalue weighted by atomic mass is 16.5. The maximum atomic E-state index is 12.6. The second-order valence-corrected chi connectivity index (χ2v) is 8.11. The lowest BCUT2D eigenvalue weighted by Gasteiger charge is -2.13. The molecular formula is C27H29N3O4. The van der Waals surface area contributed by atoms with Crippen molar-refractivity contribution >= 4 is 22.4 Å². The molecule has 0 fully saturated rings.